The summed E-state index contributed by atoms with van der Waals surface area (Å²) in [6.07, 6.45) is 7.10. The molecule has 2 aliphatic rings. The lowest BCUT2D eigenvalue weighted by Gasteiger charge is -2.42. The Balaban J connectivity index is 1.50. The number of aryl methyl sites for hydroxylation is 2. The number of likely N-dealkylation sites (tertiary alicyclic amines) is 1. The summed E-state index contributed by atoms with van der Waals surface area (Å²) in [4.78, 5) is 19.3. The van der Waals surface area contributed by atoms with Gasteiger partial charge in [0.15, 0.2) is 0 Å². The zero-order chi connectivity index (χ0) is 27.7. The molecule has 0 aliphatic carbocycles. The Bertz CT molecular complexity index is 1500. The second-order valence-electron chi connectivity index (χ2n) is 10.3. The molecule has 5 rings (SSSR count). The molecule has 13 heteroatoms. The van der Waals surface area contributed by atoms with E-state index in [1.165, 1.54) is 22.0 Å². The predicted octanol–water partition coefficient (Wildman–Crippen LogP) is 2.04. The minimum Gasteiger partial charge on any atom is -0.465 e. The van der Waals surface area contributed by atoms with Gasteiger partial charge in [-0.15, -0.1) is 0 Å². The van der Waals surface area contributed by atoms with Crippen LogP contribution >= 0.6 is 0 Å². The van der Waals surface area contributed by atoms with Crippen molar-refractivity contribution >= 4 is 21.8 Å². The molecule has 1 amide bonds. The summed E-state index contributed by atoms with van der Waals surface area (Å²) in [5.74, 6) is 0.0180. The van der Waals surface area contributed by atoms with Gasteiger partial charge in [0, 0.05) is 64.4 Å². The topological polar surface area (TPSA) is 141 Å². The van der Waals surface area contributed by atoms with E-state index in [9.17, 15) is 23.6 Å². The van der Waals surface area contributed by atoms with Crippen molar-refractivity contribution in [2.24, 2.45) is 20.0 Å². The minimum absolute atomic E-state index is 0.0180. The number of aromatic nitrogens is 4. The maximum absolute atomic E-state index is 14.1. The number of carboxylic acid groups (broad SMARTS) is 1. The molecule has 2 aromatic heterocycles. The molecule has 2 aliphatic heterocycles. The molecule has 3 aromatic rings. The first kappa shape index (κ1) is 26.7. The molecule has 0 saturated carbocycles. The van der Waals surface area contributed by atoms with Crippen LogP contribution in [0.2, 0.25) is 0 Å². The summed E-state index contributed by atoms with van der Waals surface area (Å²) in [6.45, 7) is 2.03. The van der Waals surface area contributed by atoms with Gasteiger partial charge in [-0.05, 0) is 48.9 Å². The Kier molecular flexibility index (Phi) is 7.33. The average Bonchev–Trinajstić information content (AvgIpc) is 3.55. The van der Waals surface area contributed by atoms with Crippen LogP contribution in [0.3, 0.4) is 0 Å². The van der Waals surface area contributed by atoms with Crippen molar-refractivity contribution in [3.63, 3.8) is 0 Å². The third-order valence-electron chi connectivity index (χ3n) is 7.72. The number of fused-ring (bicyclic) bond motifs is 1. The van der Waals surface area contributed by atoms with Crippen molar-refractivity contribution in [3.05, 3.63) is 59.9 Å². The van der Waals surface area contributed by atoms with E-state index in [1.807, 2.05) is 23.7 Å². The molecule has 1 atom stereocenters. The molecule has 4 heterocycles. The fraction of sp³-hybridized carbons (Fsp3) is 0.462. The first-order chi connectivity index (χ1) is 18.7. The van der Waals surface area contributed by atoms with Crippen LogP contribution in [0.15, 0.2) is 48.0 Å². The van der Waals surface area contributed by atoms with E-state index >= 15 is 0 Å². The molecule has 206 valence electrons. The number of imidazole rings is 1. The van der Waals surface area contributed by atoms with Gasteiger partial charge in [0.25, 0.3) is 0 Å². The fourth-order valence-electron chi connectivity index (χ4n) is 5.55. The van der Waals surface area contributed by atoms with Gasteiger partial charge in [0.05, 0.1) is 36.4 Å². The Morgan fingerprint density at radius 3 is 2.62 bits per heavy atom. The number of nitriles is 1. The number of sulfonamides is 1. The zero-order valence-electron chi connectivity index (χ0n) is 22.0. The van der Waals surface area contributed by atoms with E-state index in [0.29, 0.717) is 51.0 Å². The molecule has 1 saturated heterocycles. The van der Waals surface area contributed by atoms with Gasteiger partial charge in [0.2, 0.25) is 10.0 Å². The summed E-state index contributed by atoms with van der Waals surface area (Å²) in [5.41, 5.74) is 3.39. The number of anilines is 1. The third-order valence-corrected chi connectivity index (χ3v) is 9.59. The molecule has 0 radical (unpaired) electrons. The SMILES string of the molecule is Cn1cc(S(=O)(=O)N(CC2CCN(C(=O)O)CC2)C2Cc3cc(C#N)ccc3N(Cc3cncn3C)C2)cn1. The summed E-state index contributed by atoms with van der Waals surface area (Å²) in [5, 5.41) is 23.0. The number of carbonyl (C=O) groups is 1. The quantitative estimate of drug-likeness (QED) is 0.470. The lowest BCUT2D eigenvalue weighted by atomic mass is 9.93. The predicted molar refractivity (Wildman–Crippen MR) is 142 cm³/mol. The van der Waals surface area contributed by atoms with E-state index in [0.717, 1.165) is 16.9 Å². The number of rotatable bonds is 7. The van der Waals surface area contributed by atoms with Gasteiger partial charge < -0.3 is 19.5 Å². The van der Waals surface area contributed by atoms with Crippen LogP contribution in [0.1, 0.15) is 29.7 Å². The normalized spacial score (nSPS) is 18.3. The van der Waals surface area contributed by atoms with Crippen molar-refractivity contribution in [1.82, 2.24) is 28.5 Å². The first-order valence-corrected chi connectivity index (χ1v) is 14.3. The zero-order valence-corrected chi connectivity index (χ0v) is 22.8. The Labute approximate surface area is 227 Å². The molecule has 39 heavy (non-hydrogen) atoms. The van der Waals surface area contributed by atoms with E-state index in [-0.39, 0.29) is 17.4 Å². The summed E-state index contributed by atoms with van der Waals surface area (Å²) in [7, 11) is -0.306. The van der Waals surface area contributed by atoms with Crippen LogP contribution in [0.4, 0.5) is 10.5 Å². The van der Waals surface area contributed by atoms with Crippen LogP contribution in [-0.2, 0) is 37.1 Å². The van der Waals surface area contributed by atoms with E-state index in [2.05, 4.69) is 21.1 Å². The second-order valence-corrected chi connectivity index (χ2v) is 12.2. The highest BCUT2D eigenvalue weighted by Crippen LogP contribution is 2.34. The molecule has 1 N–H and O–H groups in total. The van der Waals surface area contributed by atoms with Gasteiger partial charge in [-0.2, -0.15) is 14.7 Å². The number of nitrogens with zero attached hydrogens (tertiary/aromatic N) is 8. The van der Waals surface area contributed by atoms with Gasteiger partial charge in [0.1, 0.15) is 4.90 Å². The Morgan fingerprint density at radius 2 is 2.00 bits per heavy atom. The second kappa shape index (κ2) is 10.7. The summed E-state index contributed by atoms with van der Waals surface area (Å²) < 4.78 is 33.2. The number of hydrogen-bond donors (Lipinski definition) is 1. The van der Waals surface area contributed by atoms with E-state index in [4.69, 9.17) is 0 Å². The smallest absolute Gasteiger partial charge is 0.407 e. The lowest BCUT2D eigenvalue weighted by Crippen LogP contribution is -2.53. The van der Waals surface area contributed by atoms with Crippen LogP contribution in [-0.4, -0.2) is 80.4 Å². The lowest BCUT2D eigenvalue weighted by molar-refractivity contribution is 0.118. The Hall–Kier alpha value is -3.89. The molecule has 1 unspecified atom stereocenters. The summed E-state index contributed by atoms with van der Waals surface area (Å²) in [6, 6.07) is 7.37. The van der Waals surface area contributed by atoms with Gasteiger partial charge in [-0.25, -0.2) is 18.2 Å². The van der Waals surface area contributed by atoms with Crippen molar-refractivity contribution in [3.8, 4) is 6.07 Å². The highest BCUT2D eigenvalue weighted by Gasteiger charge is 2.39. The van der Waals surface area contributed by atoms with E-state index in [1.54, 1.807) is 29.9 Å². The maximum Gasteiger partial charge on any atom is 0.407 e. The van der Waals surface area contributed by atoms with Gasteiger partial charge >= 0.3 is 6.09 Å². The summed E-state index contributed by atoms with van der Waals surface area (Å²) >= 11 is 0. The van der Waals surface area contributed by atoms with Gasteiger partial charge in [-0.3, -0.25) is 4.68 Å². The molecule has 0 spiro atoms. The van der Waals surface area contributed by atoms with Gasteiger partial charge in [-0.1, -0.05) is 0 Å². The third kappa shape index (κ3) is 5.48. The number of hydrogen-bond acceptors (Lipinski definition) is 7. The molecule has 1 fully saturated rings. The highest BCUT2D eigenvalue weighted by molar-refractivity contribution is 7.89. The number of amides is 1. The maximum atomic E-state index is 14.1. The molecule has 12 nitrogen and oxygen atoms in total. The van der Waals surface area contributed by atoms with E-state index < -0.39 is 22.2 Å². The van der Waals surface area contributed by atoms with Crippen molar-refractivity contribution in [2.75, 3.05) is 31.1 Å². The highest BCUT2D eigenvalue weighted by atomic mass is 32.2. The molecule has 1 aromatic carbocycles. The van der Waals surface area contributed by atoms with Crippen LogP contribution in [0, 0.1) is 17.2 Å². The van der Waals surface area contributed by atoms with Crippen molar-refractivity contribution in [2.45, 2.75) is 36.7 Å². The van der Waals surface area contributed by atoms with Crippen LogP contribution in [0.25, 0.3) is 0 Å². The number of benzene rings is 1. The average molecular weight is 553 g/mol. The Morgan fingerprint density at radius 1 is 1.23 bits per heavy atom. The van der Waals surface area contributed by atoms with Crippen molar-refractivity contribution < 1.29 is 18.3 Å². The van der Waals surface area contributed by atoms with Crippen LogP contribution in [0.5, 0.6) is 0 Å². The fourth-order valence-corrected chi connectivity index (χ4v) is 7.22. The first-order valence-electron chi connectivity index (χ1n) is 12.9. The van der Waals surface area contributed by atoms with Crippen LogP contribution < -0.4 is 4.90 Å². The monoisotopic (exact) mass is 552 g/mol. The largest absolute Gasteiger partial charge is 0.465 e. The standard InChI is InChI=1S/C26H32N8O4S/c1-30-18-28-12-23(30)16-33-15-22(10-21-9-20(11-27)3-4-25(21)33)34(39(37,38)24-13-29-31(2)17-24)14-19-5-7-32(8-6-19)26(35)36/h3-4,9,12-13,17-19,22H,5-8,10,14-16H2,1-2H3,(H,35,36). The number of piperidine rings is 1. The molecule has 0 bridgehead atoms. The molecular formula is C26H32N8O4S. The molecular weight excluding hydrogens is 520 g/mol. The van der Waals surface area contributed by atoms with Crippen molar-refractivity contribution in [1.29, 1.82) is 5.26 Å². The minimum atomic E-state index is -3.91.